The van der Waals surface area contributed by atoms with Crippen molar-refractivity contribution in [3.8, 4) is 0 Å². The molecule has 1 saturated heterocycles. The minimum atomic E-state index is -3.13. The van der Waals surface area contributed by atoms with Crippen molar-refractivity contribution in [3.63, 3.8) is 0 Å². The number of imidazole rings is 1. The summed E-state index contributed by atoms with van der Waals surface area (Å²) in [6.45, 7) is 3.88. The molecule has 1 fully saturated rings. The molecule has 0 saturated carbocycles. The van der Waals surface area contributed by atoms with E-state index in [1.165, 1.54) is 10.6 Å². The van der Waals surface area contributed by atoms with Crippen LogP contribution in [-0.2, 0) is 16.6 Å². The van der Waals surface area contributed by atoms with Gasteiger partial charge in [0.15, 0.2) is 0 Å². The van der Waals surface area contributed by atoms with E-state index < -0.39 is 16.1 Å². The van der Waals surface area contributed by atoms with E-state index in [0.29, 0.717) is 19.5 Å². The van der Waals surface area contributed by atoms with Gasteiger partial charge in [0.2, 0.25) is 10.0 Å². The van der Waals surface area contributed by atoms with Gasteiger partial charge in [-0.25, -0.2) is 17.7 Å². The molecule has 0 aromatic carbocycles. The van der Waals surface area contributed by atoms with Crippen molar-refractivity contribution in [2.24, 2.45) is 5.92 Å². The fraction of sp³-hybridized carbons (Fsp3) is 0.769. The third-order valence-electron chi connectivity index (χ3n) is 3.93. The highest BCUT2D eigenvalue weighted by Crippen LogP contribution is 2.28. The Hall–Kier alpha value is -0.920. The van der Waals surface area contributed by atoms with Crippen LogP contribution in [0.15, 0.2) is 12.5 Å². The lowest BCUT2D eigenvalue weighted by Crippen LogP contribution is -2.39. The van der Waals surface area contributed by atoms with Crippen molar-refractivity contribution in [2.75, 3.05) is 19.3 Å². The van der Waals surface area contributed by atoms with Gasteiger partial charge in [-0.3, -0.25) is 0 Å². The van der Waals surface area contributed by atoms with Crippen molar-refractivity contribution in [1.29, 1.82) is 0 Å². The summed E-state index contributed by atoms with van der Waals surface area (Å²) in [7, 11) is -3.13. The van der Waals surface area contributed by atoms with E-state index in [2.05, 4.69) is 4.98 Å². The van der Waals surface area contributed by atoms with Gasteiger partial charge >= 0.3 is 0 Å². The van der Waals surface area contributed by atoms with E-state index >= 15 is 0 Å². The van der Waals surface area contributed by atoms with Gasteiger partial charge in [0, 0.05) is 19.6 Å². The maximum atomic E-state index is 11.6. The number of hydrogen-bond acceptors (Lipinski definition) is 4. The lowest BCUT2D eigenvalue weighted by Gasteiger charge is -2.32. The smallest absolute Gasteiger partial charge is 0.211 e. The van der Waals surface area contributed by atoms with E-state index in [1.807, 2.05) is 11.5 Å². The Bertz CT molecular complexity index is 541. The van der Waals surface area contributed by atoms with Crippen LogP contribution in [0.4, 0.5) is 0 Å². The summed E-state index contributed by atoms with van der Waals surface area (Å²) in [5.74, 6) is 0.202. The van der Waals surface area contributed by atoms with Crippen molar-refractivity contribution in [1.82, 2.24) is 13.9 Å². The van der Waals surface area contributed by atoms with E-state index in [0.717, 1.165) is 25.1 Å². The Morgan fingerprint density at radius 2 is 2.30 bits per heavy atom. The molecule has 0 bridgehead atoms. The average molecular weight is 301 g/mol. The normalized spacial score (nSPS) is 22.9. The molecule has 0 radical (unpaired) electrons. The predicted molar refractivity (Wildman–Crippen MR) is 76.6 cm³/mol. The number of aryl methyl sites for hydroxylation is 1. The Balaban J connectivity index is 1.99. The topological polar surface area (TPSA) is 75.4 Å². The maximum Gasteiger partial charge on any atom is 0.211 e. The monoisotopic (exact) mass is 301 g/mol. The summed E-state index contributed by atoms with van der Waals surface area (Å²) in [4.78, 5) is 4.06. The van der Waals surface area contributed by atoms with Crippen LogP contribution in [0.5, 0.6) is 0 Å². The SMILES string of the molecule is CCn1cncc1C(O)CC1CCCN(S(C)(=O)=O)C1. The van der Waals surface area contributed by atoms with Crippen LogP contribution < -0.4 is 0 Å². The summed E-state index contributed by atoms with van der Waals surface area (Å²) in [6.07, 6.45) is 6.46. The molecular weight excluding hydrogens is 278 g/mol. The highest BCUT2D eigenvalue weighted by atomic mass is 32.2. The first-order valence-electron chi connectivity index (χ1n) is 7.05. The lowest BCUT2D eigenvalue weighted by atomic mass is 9.92. The molecule has 1 aromatic rings. The Kier molecular flexibility index (Phi) is 4.82. The minimum Gasteiger partial charge on any atom is -0.387 e. The van der Waals surface area contributed by atoms with Crippen molar-refractivity contribution < 1.29 is 13.5 Å². The molecule has 7 heteroatoms. The number of aliphatic hydroxyl groups excluding tert-OH is 1. The standard InChI is InChI=1S/C13H23N3O3S/c1-3-15-10-14-8-12(15)13(17)7-11-5-4-6-16(9-11)20(2,18)19/h8,10-11,13,17H,3-7,9H2,1-2H3. The van der Waals surface area contributed by atoms with E-state index in [4.69, 9.17) is 0 Å². The molecule has 0 amide bonds. The molecule has 1 aliphatic rings. The number of piperidine rings is 1. The summed E-state index contributed by atoms with van der Waals surface area (Å²) in [5, 5.41) is 10.3. The number of aliphatic hydroxyl groups is 1. The van der Waals surface area contributed by atoms with Gasteiger partial charge in [-0.1, -0.05) is 0 Å². The number of nitrogens with zero attached hydrogens (tertiary/aromatic N) is 3. The summed E-state index contributed by atoms with van der Waals surface area (Å²) < 4.78 is 26.6. The minimum absolute atomic E-state index is 0.202. The molecule has 2 heterocycles. The molecule has 2 atom stereocenters. The van der Waals surface area contributed by atoms with Crippen LogP contribution in [-0.4, -0.2) is 46.7 Å². The molecular formula is C13H23N3O3S. The first-order valence-corrected chi connectivity index (χ1v) is 8.90. The van der Waals surface area contributed by atoms with Gasteiger partial charge in [-0.2, -0.15) is 0 Å². The van der Waals surface area contributed by atoms with Crippen molar-refractivity contribution in [2.45, 2.75) is 38.8 Å². The molecule has 1 aromatic heterocycles. The van der Waals surface area contributed by atoms with Crippen molar-refractivity contribution in [3.05, 3.63) is 18.2 Å². The number of hydrogen-bond donors (Lipinski definition) is 1. The average Bonchev–Trinajstić information content (AvgIpc) is 2.86. The van der Waals surface area contributed by atoms with Crippen LogP contribution in [0.2, 0.25) is 0 Å². The molecule has 6 nitrogen and oxygen atoms in total. The second-order valence-electron chi connectivity index (χ2n) is 5.49. The van der Waals surface area contributed by atoms with Crippen molar-refractivity contribution >= 4 is 10.0 Å². The molecule has 20 heavy (non-hydrogen) atoms. The van der Waals surface area contributed by atoms with Gasteiger partial charge < -0.3 is 9.67 Å². The number of aromatic nitrogens is 2. The highest BCUT2D eigenvalue weighted by molar-refractivity contribution is 7.88. The molecule has 1 aliphatic heterocycles. The predicted octanol–water partition coefficient (Wildman–Crippen LogP) is 0.998. The molecule has 2 unspecified atom stereocenters. The largest absolute Gasteiger partial charge is 0.387 e. The van der Waals surface area contributed by atoms with E-state index in [1.54, 1.807) is 12.5 Å². The summed E-state index contributed by atoms with van der Waals surface area (Å²) >= 11 is 0. The zero-order chi connectivity index (χ0) is 14.8. The maximum absolute atomic E-state index is 11.6. The summed E-state index contributed by atoms with van der Waals surface area (Å²) in [6, 6.07) is 0. The van der Waals surface area contributed by atoms with Gasteiger partial charge in [0.25, 0.3) is 0 Å². The van der Waals surface area contributed by atoms with Gasteiger partial charge in [0.05, 0.1) is 30.6 Å². The fourth-order valence-corrected chi connectivity index (χ4v) is 3.77. The fourth-order valence-electron chi connectivity index (χ4n) is 2.83. The summed E-state index contributed by atoms with van der Waals surface area (Å²) in [5.41, 5.74) is 0.809. The van der Waals surface area contributed by atoms with E-state index in [-0.39, 0.29) is 5.92 Å². The number of rotatable bonds is 5. The Morgan fingerprint density at radius 3 is 2.95 bits per heavy atom. The van der Waals surface area contributed by atoms with Gasteiger partial charge in [-0.05, 0) is 32.1 Å². The third kappa shape index (κ3) is 3.59. The Labute approximate surface area is 120 Å². The van der Waals surface area contributed by atoms with Crippen LogP contribution in [0.25, 0.3) is 0 Å². The van der Waals surface area contributed by atoms with Gasteiger partial charge in [0.1, 0.15) is 0 Å². The van der Waals surface area contributed by atoms with Crippen LogP contribution >= 0.6 is 0 Å². The second-order valence-corrected chi connectivity index (χ2v) is 7.47. The lowest BCUT2D eigenvalue weighted by molar-refractivity contribution is 0.116. The first-order chi connectivity index (χ1) is 9.41. The number of sulfonamides is 1. The van der Waals surface area contributed by atoms with Crippen LogP contribution in [0.1, 0.15) is 38.0 Å². The molecule has 0 spiro atoms. The molecule has 114 valence electrons. The van der Waals surface area contributed by atoms with E-state index in [9.17, 15) is 13.5 Å². The highest BCUT2D eigenvalue weighted by Gasteiger charge is 2.28. The molecule has 0 aliphatic carbocycles. The first kappa shape index (κ1) is 15.5. The molecule has 1 N–H and O–H groups in total. The quantitative estimate of drug-likeness (QED) is 0.880. The molecule has 2 rings (SSSR count). The van der Waals surface area contributed by atoms with Gasteiger partial charge in [-0.15, -0.1) is 0 Å². The van der Waals surface area contributed by atoms with Crippen LogP contribution in [0.3, 0.4) is 0 Å². The van der Waals surface area contributed by atoms with Crippen LogP contribution in [0, 0.1) is 5.92 Å². The third-order valence-corrected chi connectivity index (χ3v) is 5.20. The zero-order valence-electron chi connectivity index (χ0n) is 12.1. The second kappa shape index (κ2) is 6.24. The zero-order valence-corrected chi connectivity index (χ0v) is 12.9. The Morgan fingerprint density at radius 1 is 1.55 bits per heavy atom.